The predicted octanol–water partition coefficient (Wildman–Crippen LogP) is 7.43. The molecule has 1 aliphatic rings. The number of aryl methyl sites for hydroxylation is 3. The number of imidazole rings is 2. The third-order valence-corrected chi connectivity index (χ3v) is 10.8. The fraction of sp³-hybridized carbons (Fsp3) is 0.348. The lowest BCUT2D eigenvalue weighted by atomic mass is 10.0. The molecule has 59 heavy (non-hydrogen) atoms. The summed E-state index contributed by atoms with van der Waals surface area (Å²) in [5, 5.41) is 15.2. The van der Waals surface area contributed by atoms with E-state index in [4.69, 9.17) is 21.4 Å². The highest BCUT2D eigenvalue weighted by atomic mass is 15.3. The molecule has 13 nitrogen and oxygen atoms in total. The molecule has 1 saturated heterocycles. The molecule has 2 aromatic carbocycles. The zero-order valence-corrected chi connectivity index (χ0v) is 35.8. The van der Waals surface area contributed by atoms with Crippen LogP contribution in [0.3, 0.4) is 0 Å². The van der Waals surface area contributed by atoms with Gasteiger partial charge in [0.2, 0.25) is 11.9 Å². The molecule has 0 atom stereocenters. The lowest BCUT2D eigenvalue weighted by Gasteiger charge is -2.17. The minimum absolute atomic E-state index is 0.511. The van der Waals surface area contributed by atoms with E-state index in [2.05, 4.69) is 105 Å². The zero-order chi connectivity index (χ0) is 42.4. The molecule has 0 amide bonds. The lowest BCUT2D eigenvalue weighted by molar-refractivity contribution is 0.340. The summed E-state index contributed by atoms with van der Waals surface area (Å²) >= 11 is 0. The van der Waals surface area contributed by atoms with Crippen LogP contribution in [0.2, 0.25) is 0 Å². The fourth-order valence-corrected chi connectivity index (χ4v) is 7.59. The Balaban J connectivity index is 1.41. The summed E-state index contributed by atoms with van der Waals surface area (Å²) in [5.41, 5.74) is 26.6. The van der Waals surface area contributed by atoms with Gasteiger partial charge in [-0.1, -0.05) is 51.8 Å². The van der Waals surface area contributed by atoms with Gasteiger partial charge in [-0.25, -0.2) is 9.97 Å². The summed E-state index contributed by atoms with van der Waals surface area (Å²) in [5.74, 6) is 1.37. The van der Waals surface area contributed by atoms with Crippen molar-refractivity contribution in [3.8, 4) is 0 Å². The number of benzene rings is 2. The third kappa shape index (κ3) is 9.59. The number of hydrogen-bond acceptors (Lipinski definition) is 10. The first-order chi connectivity index (χ1) is 28.3. The van der Waals surface area contributed by atoms with Crippen LogP contribution in [0.4, 0.5) is 11.9 Å². The van der Waals surface area contributed by atoms with Gasteiger partial charge in [0.25, 0.3) is 0 Å². The molecule has 6 rings (SSSR count). The molecule has 7 N–H and O–H groups in total. The minimum Gasteiger partial charge on any atom is -0.399 e. The normalized spacial score (nSPS) is 13.9. The van der Waals surface area contributed by atoms with Crippen molar-refractivity contribution in [1.29, 1.82) is 0 Å². The quantitative estimate of drug-likeness (QED) is 0.0326. The van der Waals surface area contributed by atoms with E-state index < -0.39 is 0 Å². The average Bonchev–Trinajstić information content (AvgIpc) is 4.01. The van der Waals surface area contributed by atoms with Crippen molar-refractivity contribution in [3.63, 3.8) is 0 Å². The highest BCUT2D eigenvalue weighted by molar-refractivity contribution is 5.94. The van der Waals surface area contributed by atoms with Gasteiger partial charge in [0, 0.05) is 75.8 Å². The van der Waals surface area contributed by atoms with Crippen molar-refractivity contribution >= 4 is 56.8 Å². The van der Waals surface area contributed by atoms with Crippen molar-refractivity contribution < 1.29 is 0 Å². The van der Waals surface area contributed by atoms with Crippen LogP contribution in [0.15, 0.2) is 91.1 Å². The molecule has 1 fully saturated rings. The predicted molar refractivity (Wildman–Crippen MR) is 248 cm³/mol. The standard InChI is InChI=1S/C46H61N13/c1-11-15-36-24-38(32(6)47)26-40-43(36)57(46(54-40)52-35(9)42-23-31(5)55-59(42)12-2)18-13-14-19-58-44-37(16-20-56-21-17-50-28-56)25-39(33(7)48)27-41(44)53-45(58)51-34(8)29(3)22-30(4)49-10/h13-14,22-27,50H,6-9,11-12,15-21,28,47-48H2,1-5,10H3,(H,51,53)(H,52,54)/b14-13+,29-22+,49-30-. The second-order valence-corrected chi connectivity index (χ2v) is 15.3. The SMILES string of the molecule is C=C(Nc1nc2cc(C(=C)N)cc(CCN3CCNC3)c2n1C/C=C/Cn1c(NC(=C)c2cc(C)nn2CC)nc2cc(C(=C)N)cc(CCC)c21)/C(C)=C/C(C)=N\C. The largest absolute Gasteiger partial charge is 0.399 e. The molecule has 4 heterocycles. The van der Waals surface area contributed by atoms with Crippen LogP contribution < -0.4 is 27.4 Å². The van der Waals surface area contributed by atoms with E-state index in [9.17, 15) is 0 Å². The number of nitrogens with zero attached hydrogens (tertiary/aromatic N) is 8. The van der Waals surface area contributed by atoms with Crippen molar-refractivity contribution in [2.24, 2.45) is 16.5 Å². The summed E-state index contributed by atoms with van der Waals surface area (Å²) in [7, 11) is 1.79. The molecule has 0 spiro atoms. The maximum Gasteiger partial charge on any atom is 0.208 e. The first-order valence-electron chi connectivity index (χ1n) is 20.4. The lowest BCUT2D eigenvalue weighted by Crippen LogP contribution is -2.24. The van der Waals surface area contributed by atoms with E-state index in [-0.39, 0.29) is 0 Å². The van der Waals surface area contributed by atoms with Gasteiger partial charge in [0.15, 0.2) is 0 Å². The van der Waals surface area contributed by atoms with Crippen LogP contribution >= 0.6 is 0 Å². The van der Waals surface area contributed by atoms with E-state index in [1.165, 1.54) is 0 Å². The molecular weight excluding hydrogens is 735 g/mol. The Morgan fingerprint density at radius 2 is 1.46 bits per heavy atom. The zero-order valence-electron chi connectivity index (χ0n) is 35.8. The van der Waals surface area contributed by atoms with Gasteiger partial charge in [0.1, 0.15) is 0 Å². The molecule has 13 heteroatoms. The van der Waals surface area contributed by atoms with Crippen molar-refractivity contribution in [2.45, 2.75) is 73.5 Å². The molecule has 3 aromatic heterocycles. The Morgan fingerprint density at radius 1 is 0.864 bits per heavy atom. The molecule has 0 saturated carbocycles. The van der Waals surface area contributed by atoms with Crippen molar-refractivity contribution in [3.05, 3.63) is 120 Å². The van der Waals surface area contributed by atoms with Gasteiger partial charge < -0.3 is 36.6 Å². The first kappa shape index (κ1) is 42.4. The van der Waals surface area contributed by atoms with Gasteiger partial charge in [0.05, 0.1) is 39.2 Å². The second-order valence-electron chi connectivity index (χ2n) is 15.3. The molecule has 0 bridgehead atoms. The summed E-state index contributed by atoms with van der Waals surface area (Å²) in [6.07, 6.45) is 9.04. The average molecular weight is 796 g/mol. The van der Waals surface area contributed by atoms with Crippen LogP contribution in [-0.4, -0.2) is 72.8 Å². The van der Waals surface area contributed by atoms with Gasteiger partial charge in [-0.15, -0.1) is 0 Å². The van der Waals surface area contributed by atoms with E-state index in [0.717, 1.165) is 130 Å². The minimum atomic E-state index is 0.511. The maximum atomic E-state index is 6.30. The summed E-state index contributed by atoms with van der Waals surface area (Å²) in [6, 6.07) is 10.4. The number of aliphatic imine (C=N–C) groups is 1. The Morgan fingerprint density at radius 3 is 1.98 bits per heavy atom. The monoisotopic (exact) mass is 796 g/mol. The molecule has 1 aliphatic heterocycles. The Labute approximate surface area is 348 Å². The Kier molecular flexibility index (Phi) is 13.4. The Bertz CT molecular complexity index is 2490. The van der Waals surface area contributed by atoms with E-state index in [1.54, 1.807) is 7.05 Å². The van der Waals surface area contributed by atoms with Crippen molar-refractivity contribution in [1.82, 2.24) is 39.1 Å². The highest BCUT2D eigenvalue weighted by Crippen LogP contribution is 2.31. The number of anilines is 2. The third-order valence-electron chi connectivity index (χ3n) is 10.8. The van der Waals surface area contributed by atoms with E-state index >= 15 is 0 Å². The summed E-state index contributed by atoms with van der Waals surface area (Å²) in [4.78, 5) is 17.0. The molecule has 5 aromatic rings. The van der Waals surface area contributed by atoms with E-state index in [1.807, 2.05) is 49.7 Å². The Hall–Kier alpha value is -6.18. The number of aromatic nitrogens is 6. The topological polar surface area (TPSA) is 157 Å². The highest BCUT2D eigenvalue weighted by Gasteiger charge is 2.20. The number of nitrogens with two attached hydrogens (primary N) is 2. The number of fused-ring (bicyclic) bond motifs is 2. The smallest absolute Gasteiger partial charge is 0.208 e. The number of rotatable bonds is 19. The van der Waals surface area contributed by atoms with Crippen LogP contribution in [0.1, 0.15) is 67.8 Å². The van der Waals surface area contributed by atoms with Crippen LogP contribution in [-0.2, 0) is 32.5 Å². The molecule has 310 valence electrons. The van der Waals surface area contributed by atoms with Crippen LogP contribution in [0, 0.1) is 6.92 Å². The van der Waals surface area contributed by atoms with Gasteiger partial charge in [-0.2, -0.15) is 5.10 Å². The molecular formula is C46H61N13. The van der Waals surface area contributed by atoms with Crippen molar-refractivity contribution in [2.75, 3.05) is 44.0 Å². The number of allylic oxidation sites excluding steroid dienone is 4. The first-order valence-corrected chi connectivity index (χ1v) is 20.4. The maximum absolute atomic E-state index is 6.30. The van der Waals surface area contributed by atoms with Crippen LogP contribution in [0.25, 0.3) is 39.2 Å². The fourth-order valence-electron chi connectivity index (χ4n) is 7.59. The molecule has 0 unspecified atom stereocenters. The van der Waals surface area contributed by atoms with Crippen LogP contribution in [0.5, 0.6) is 0 Å². The number of nitrogens with one attached hydrogen (secondary N) is 3. The molecule has 0 aliphatic carbocycles. The van der Waals surface area contributed by atoms with E-state index in [0.29, 0.717) is 36.4 Å². The second kappa shape index (κ2) is 18.6. The summed E-state index contributed by atoms with van der Waals surface area (Å²) < 4.78 is 6.40. The summed E-state index contributed by atoms with van der Waals surface area (Å²) in [6.45, 7) is 32.7. The molecule has 0 radical (unpaired) electrons. The number of hydrogen-bond donors (Lipinski definition) is 5. The van der Waals surface area contributed by atoms with Gasteiger partial charge in [-0.05, 0) is 105 Å². The van der Waals surface area contributed by atoms with Gasteiger partial charge in [-0.3, -0.25) is 14.6 Å². The van der Waals surface area contributed by atoms with Gasteiger partial charge >= 0.3 is 0 Å².